The second-order valence-corrected chi connectivity index (χ2v) is 5.89. The van der Waals surface area contributed by atoms with E-state index in [2.05, 4.69) is 11.0 Å². The molecule has 0 spiro atoms. The van der Waals surface area contributed by atoms with E-state index in [9.17, 15) is 9.59 Å². The first-order chi connectivity index (χ1) is 10.7. The molecule has 0 bridgehead atoms. The van der Waals surface area contributed by atoms with Crippen LogP contribution >= 0.6 is 0 Å². The van der Waals surface area contributed by atoms with E-state index < -0.39 is 0 Å². The third kappa shape index (κ3) is 2.86. The van der Waals surface area contributed by atoms with E-state index in [1.807, 2.05) is 23.1 Å². The first kappa shape index (κ1) is 15.0. The monoisotopic (exact) mass is 302 g/mol. The van der Waals surface area contributed by atoms with Crippen molar-refractivity contribution in [2.24, 2.45) is 0 Å². The summed E-state index contributed by atoms with van der Waals surface area (Å²) in [5.74, 6) is -0.0445. The lowest BCUT2D eigenvalue weighted by atomic mass is 10.2. The van der Waals surface area contributed by atoms with Gasteiger partial charge in [0.05, 0.1) is 7.11 Å². The van der Waals surface area contributed by atoms with Gasteiger partial charge in [-0.25, -0.2) is 0 Å². The lowest BCUT2D eigenvalue weighted by molar-refractivity contribution is -0.146. The van der Waals surface area contributed by atoms with Gasteiger partial charge in [-0.1, -0.05) is 18.2 Å². The Hall–Kier alpha value is -1.88. The molecule has 1 fully saturated rings. The number of carbonyl (C=O) groups is 2. The number of hydrogen-bond acceptors (Lipinski definition) is 4. The molecule has 0 N–H and O–H groups in total. The number of methoxy groups -OCH3 is 1. The normalized spacial score (nSPS) is 21.0. The summed E-state index contributed by atoms with van der Waals surface area (Å²) >= 11 is 0. The Morgan fingerprint density at radius 3 is 2.91 bits per heavy atom. The summed E-state index contributed by atoms with van der Waals surface area (Å²) in [4.78, 5) is 28.2. The van der Waals surface area contributed by atoms with E-state index in [1.165, 1.54) is 12.7 Å². The van der Waals surface area contributed by atoms with Gasteiger partial charge in [0.2, 0.25) is 5.91 Å². The third-order valence-corrected chi connectivity index (χ3v) is 4.64. The van der Waals surface area contributed by atoms with E-state index >= 15 is 0 Å². The van der Waals surface area contributed by atoms with Crippen LogP contribution in [0.5, 0.6) is 0 Å². The Kier molecular flexibility index (Phi) is 4.43. The van der Waals surface area contributed by atoms with Crippen molar-refractivity contribution in [2.45, 2.75) is 31.7 Å². The fourth-order valence-electron chi connectivity index (χ4n) is 3.47. The summed E-state index contributed by atoms with van der Waals surface area (Å²) in [5.41, 5.74) is 2.28. The highest BCUT2D eigenvalue weighted by molar-refractivity contribution is 5.95. The predicted octanol–water partition coefficient (Wildman–Crippen LogP) is 1.60. The fourth-order valence-corrected chi connectivity index (χ4v) is 3.47. The average molecular weight is 302 g/mol. The Labute approximate surface area is 130 Å². The first-order valence-corrected chi connectivity index (χ1v) is 7.91. The molecular weight excluding hydrogens is 280 g/mol. The highest BCUT2D eigenvalue weighted by Gasteiger charge is 2.32. The molecule has 22 heavy (non-hydrogen) atoms. The second-order valence-electron chi connectivity index (χ2n) is 5.89. The number of likely N-dealkylation sites (tertiary alicyclic amines) is 1. The van der Waals surface area contributed by atoms with Gasteiger partial charge in [-0.2, -0.15) is 0 Å². The van der Waals surface area contributed by atoms with Crippen LogP contribution < -0.4 is 4.90 Å². The van der Waals surface area contributed by atoms with Crippen molar-refractivity contribution in [1.29, 1.82) is 0 Å². The molecule has 0 aromatic heterocycles. The van der Waals surface area contributed by atoms with Gasteiger partial charge in [-0.3, -0.25) is 14.5 Å². The zero-order chi connectivity index (χ0) is 15.5. The smallest absolute Gasteiger partial charge is 0.323 e. The zero-order valence-electron chi connectivity index (χ0n) is 13.0. The van der Waals surface area contributed by atoms with Crippen molar-refractivity contribution in [3.63, 3.8) is 0 Å². The number of esters is 1. The molecular formula is C17H22N2O3. The van der Waals surface area contributed by atoms with Gasteiger partial charge in [0, 0.05) is 25.2 Å². The minimum absolute atomic E-state index is 0.139. The SMILES string of the molecule is COC(=O)C1CCCN1CCC(=O)N1CCc2ccccc21. The van der Waals surface area contributed by atoms with Crippen molar-refractivity contribution < 1.29 is 14.3 Å². The van der Waals surface area contributed by atoms with Crippen LogP contribution in [-0.2, 0) is 20.7 Å². The van der Waals surface area contributed by atoms with Crippen LogP contribution in [0, 0.1) is 0 Å². The second kappa shape index (κ2) is 6.48. The van der Waals surface area contributed by atoms with Crippen molar-refractivity contribution in [3.05, 3.63) is 29.8 Å². The number of anilines is 1. The molecule has 1 aromatic carbocycles. The van der Waals surface area contributed by atoms with Crippen molar-refractivity contribution >= 4 is 17.6 Å². The number of para-hydroxylation sites is 1. The molecule has 2 aliphatic rings. The van der Waals surface area contributed by atoms with E-state index in [4.69, 9.17) is 4.74 Å². The highest BCUT2D eigenvalue weighted by Crippen LogP contribution is 2.28. The topological polar surface area (TPSA) is 49.9 Å². The lowest BCUT2D eigenvalue weighted by Gasteiger charge is -2.23. The van der Waals surface area contributed by atoms with Gasteiger partial charge >= 0.3 is 5.97 Å². The summed E-state index contributed by atoms with van der Waals surface area (Å²) in [7, 11) is 1.42. The van der Waals surface area contributed by atoms with Gasteiger partial charge in [-0.05, 0) is 37.4 Å². The summed E-state index contributed by atoms with van der Waals surface area (Å²) in [6.45, 7) is 2.25. The average Bonchev–Trinajstić information content (AvgIpc) is 3.18. The first-order valence-electron chi connectivity index (χ1n) is 7.91. The molecule has 1 aromatic rings. The molecule has 0 radical (unpaired) electrons. The fraction of sp³-hybridized carbons (Fsp3) is 0.529. The predicted molar refractivity (Wildman–Crippen MR) is 83.7 cm³/mol. The van der Waals surface area contributed by atoms with Crippen LogP contribution in [0.25, 0.3) is 0 Å². The molecule has 3 rings (SSSR count). The van der Waals surface area contributed by atoms with Gasteiger partial charge < -0.3 is 9.64 Å². The van der Waals surface area contributed by atoms with E-state index in [0.717, 1.165) is 38.0 Å². The highest BCUT2D eigenvalue weighted by atomic mass is 16.5. The molecule has 1 unspecified atom stereocenters. The molecule has 2 aliphatic heterocycles. The molecule has 5 heteroatoms. The van der Waals surface area contributed by atoms with E-state index in [1.54, 1.807) is 0 Å². The van der Waals surface area contributed by atoms with Crippen molar-refractivity contribution in [3.8, 4) is 0 Å². The van der Waals surface area contributed by atoms with Crippen molar-refractivity contribution in [2.75, 3.05) is 31.6 Å². The number of carbonyl (C=O) groups excluding carboxylic acids is 2. The van der Waals surface area contributed by atoms with Crippen LogP contribution in [0.1, 0.15) is 24.8 Å². The molecule has 1 saturated heterocycles. The minimum Gasteiger partial charge on any atom is -0.468 e. The Morgan fingerprint density at radius 1 is 1.27 bits per heavy atom. The maximum absolute atomic E-state index is 12.5. The Bertz CT molecular complexity index is 573. The van der Waals surface area contributed by atoms with Gasteiger partial charge in [0.25, 0.3) is 0 Å². The molecule has 5 nitrogen and oxygen atoms in total. The summed E-state index contributed by atoms with van der Waals surface area (Å²) in [6, 6.07) is 7.89. The summed E-state index contributed by atoms with van der Waals surface area (Å²) in [6.07, 6.45) is 3.19. The molecule has 0 aliphatic carbocycles. The summed E-state index contributed by atoms with van der Waals surface area (Å²) in [5, 5.41) is 0. The van der Waals surface area contributed by atoms with Crippen LogP contribution in [0.2, 0.25) is 0 Å². The standard InChI is InChI=1S/C17H22N2O3/c1-22-17(21)15-7-4-10-18(15)11-9-16(20)19-12-8-13-5-2-3-6-14(13)19/h2-3,5-6,15H,4,7-12H2,1H3. The quantitative estimate of drug-likeness (QED) is 0.793. The minimum atomic E-state index is -0.184. The molecule has 1 atom stereocenters. The molecule has 118 valence electrons. The van der Waals surface area contributed by atoms with Crippen LogP contribution in [-0.4, -0.2) is 49.6 Å². The molecule has 2 heterocycles. The zero-order valence-corrected chi connectivity index (χ0v) is 13.0. The number of nitrogens with zero attached hydrogens (tertiary/aromatic N) is 2. The summed E-state index contributed by atoms with van der Waals surface area (Å²) < 4.78 is 4.84. The van der Waals surface area contributed by atoms with Crippen LogP contribution in [0.4, 0.5) is 5.69 Å². The van der Waals surface area contributed by atoms with Gasteiger partial charge in [-0.15, -0.1) is 0 Å². The maximum atomic E-state index is 12.5. The van der Waals surface area contributed by atoms with E-state index in [0.29, 0.717) is 13.0 Å². The number of ether oxygens (including phenoxy) is 1. The lowest BCUT2D eigenvalue weighted by Crippen LogP contribution is -2.39. The van der Waals surface area contributed by atoms with Crippen LogP contribution in [0.15, 0.2) is 24.3 Å². The molecule has 1 amide bonds. The van der Waals surface area contributed by atoms with Gasteiger partial charge in [0.15, 0.2) is 0 Å². The van der Waals surface area contributed by atoms with Gasteiger partial charge in [0.1, 0.15) is 6.04 Å². The number of fused-ring (bicyclic) bond motifs is 1. The third-order valence-electron chi connectivity index (χ3n) is 4.64. The number of rotatable bonds is 4. The number of hydrogen-bond donors (Lipinski definition) is 0. The number of amides is 1. The molecule has 0 saturated carbocycles. The van der Waals surface area contributed by atoms with Crippen LogP contribution in [0.3, 0.4) is 0 Å². The number of benzene rings is 1. The largest absolute Gasteiger partial charge is 0.468 e. The Morgan fingerprint density at radius 2 is 2.09 bits per heavy atom. The maximum Gasteiger partial charge on any atom is 0.323 e. The Balaban J connectivity index is 1.58. The van der Waals surface area contributed by atoms with E-state index in [-0.39, 0.29) is 17.9 Å². The van der Waals surface area contributed by atoms with Crippen molar-refractivity contribution in [1.82, 2.24) is 4.90 Å².